The Morgan fingerprint density at radius 3 is 2.76 bits per heavy atom. The number of hydrogen-bond acceptors (Lipinski definition) is 4. The molecule has 4 nitrogen and oxygen atoms in total. The van der Waals surface area contributed by atoms with Gasteiger partial charge in [0.1, 0.15) is 0 Å². The molecular formula is C11H12ClNO3S. The van der Waals surface area contributed by atoms with E-state index >= 15 is 0 Å². The molecule has 2 rings (SSSR count). The lowest BCUT2D eigenvalue weighted by Crippen LogP contribution is -2.15. The molecule has 1 aliphatic rings. The molecule has 0 amide bonds. The molecule has 1 fully saturated rings. The van der Waals surface area contributed by atoms with Crippen molar-refractivity contribution in [3.63, 3.8) is 0 Å². The predicted octanol–water partition coefficient (Wildman–Crippen LogP) is 3.34. The van der Waals surface area contributed by atoms with E-state index < -0.39 is 4.92 Å². The molecular weight excluding hydrogens is 262 g/mol. The second-order valence-electron chi connectivity index (χ2n) is 4.32. The van der Waals surface area contributed by atoms with Crippen molar-refractivity contribution < 1.29 is 9.66 Å². The zero-order valence-corrected chi connectivity index (χ0v) is 10.7. The lowest BCUT2D eigenvalue weighted by molar-refractivity contribution is -0.385. The summed E-state index contributed by atoms with van der Waals surface area (Å²) in [5.74, 6) is 1.02. The maximum absolute atomic E-state index is 10.8. The normalized spacial score (nSPS) is 16.6. The molecule has 1 aromatic carbocycles. The zero-order chi connectivity index (χ0) is 12.5. The van der Waals surface area contributed by atoms with E-state index in [9.17, 15) is 10.1 Å². The van der Waals surface area contributed by atoms with Crippen LogP contribution in [0.3, 0.4) is 0 Å². The van der Waals surface area contributed by atoms with E-state index in [1.54, 1.807) is 6.07 Å². The van der Waals surface area contributed by atoms with Crippen LogP contribution in [0, 0.1) is 15.5 Å². The second-order valence-corrected chi connectivity index (χ2v) is 5.07. The van der Waals surface area contributed by atoms with Crippen molar-refractivity contribution in [3.8, 4) is 5.75 Å². The van der Waals surface area contributed by atoms with Gasteiger partial charge >= 0.3 is 5.69 Å². The molecule has 6 heteroatoms. The Balaban J connectivity index is 2.12. The van der Waals surface area contributed by atoms with Crippen LogP contribution in [0.5, 0.6) is 5.75 Å². The molecule has 0 bridgehead atoms. The molecule has 0 spiro atoms. The van der Waals surface area contributed by atoms with Gasteiger partial charge in [0.05, 0.1) is 11.5 Å². The first-order valence-electron chi connectivity index (χ1n) is 5.24. The van der Waals surface area contributed by atoms with Crippen molar-refractivity contribution in [3.05, 3.63) is 33.3 Å². The molecule has 0 aromatic heterocycles. The third-order valence-electron chi connectivity index (χ3n) is 2.94. The SMILES string of the molecule is O=[N+]([O-])c1cc(Cl)ccc1OCC1(CS)CC1. The quantitative estimate of drug-likeness (QED) is 0.509. The van der Waals surface area contributed by atoms with Gasteiger partial charge < -0.3 is 4.74 Å². The highest BCUT2D eigenvalue weighted by Gasteiger charge is 2.42. The fourth-order valence-corrected chi connectivity index (χ4v) is 2.08. The molecule has 1 aliphatic carbocycles. The van der Waals surface area contributed by atoms with Crippen molar-refractivity contribution in [2.75, 3.05) is 12.4 Å². The maximum atomic E-state index is 10.8. The minimum atomic E-state index is -0.485. The van der Waals surface area contributed by atoms with Crippen molar-refractivity contribution in [2.45, 2.75) is 12.8 Å². The van der Waals surface area contributed by atoms with Crippen LogP contribution in [0.1, 0.15) is 12.8 Å². The van der Waals surface area contributed by atoms with Gasteiger partial charge in [-0.25, -0.2) is 0 Å². The van der Waals surface area contributed by atoms with Crippen LogP contribution < -0.4 is 4.74 Å². The van der Waals surface area contributed by atoms with Crippen LogP contribution in [0.25, 0.3) is 0 Å². The lowest BCUT2D eigenvalue weighted by atomic mass is 10.2. The van der Waals surface area contributed by atoms with Gasteiger partial charge in [-0.15, -0.1) is 0 Å². The van der Waals surface area contributed by atoms with E-state index in [-0.39, 0.29) is 16.9 Å². The summed E-state index contributed by atoms with van der Waals surface area (Å²) in [5.41, 5.74) is 0.0174. The van der Waals surface area contributed by atoms with E-state index in [1.807, 2.05) is 0 Å². The van der Waals surface area contributed by atoms with Crippen LogP contribution in [0.4, 0.5) is 5.69 Å². The molecule has 0 saturated heterocycles. The standard InChI is InChI=1S/C11H12ClNO3S/c12-8-1-2-10(9(5-8)13(14)15)16-6-11(7-17)3-4-11/h1-2,5,17H,3-4,6-7H2. The highest BCUT2D eigenvalue weighted by atomic mass is 35.5. The number of halogens is 1. The second kappa shape index (κ2) is 4.74. The molecule has 0 radical (unpaired) electrons. The van der Waals surface area contributed by atoms with E-state index in [0.717, 1.165) is 18.6 Å². The summed E-state index contributed by atoms with van der Waals surface area (Å²) >= 11 is 9.98. The van der Waals surface area contributed by atoms with E-state index in [1.165, 1.54) is 12.1 Å². The Morgan fingerprint density at radius 2 is 2.24 bits per heavy atom. The van der Waals surface area contributed by atoms with Crippen molar-refractivity contribution in [1.82, 2.24) is 0 Å². The summed E-state index contributed by atoms with van der Waals surface area (Å²) < 4.78 is 5.52. The molecule has 0 aliphatic heterocycles. The molecule has 1 aromatic rings. The van der Waals surface area contributed by atoms with Gasteiger partial charge in [-0.05, 0) is 30.7 Å². The number of benzene rings is 1. The highest BCUT2D eigenvalue weighted by Crippen LogP contribution is 2.47. The fraction of sp³-hybridized carbons (Fsp3) is 0.455. The Labute approximate surface area is 109 Å². The van der Waals surface area contributed by atoms with E-state index in [4.69, 9.17) is 16.3 Å². The summed E-state index contributed by atoms with van der Waals surface area (Å²) in [4.78, 5) is 10.4. The van der Waals surface area contributed by atoms with Crippen LogP contribution >= 0.6 is 24.2 Å². The number of hydrogen-bond donors (Lipinski definition) is 1. The largest absolute Gasteiger partial charge is 0.486 e. The summed E-state index contributed by atoms with van der Waals surface area (Å²) in [6.45, 7) is 0.471. The van der Waals surface area contributed by atoms with Crippen LogP contribution in [-0.2, 0) is 0 Å². The Kier molecular flexibility index (Phi) is 3.49. The van der Waals surface area contributed by atoms with Crippen molar-refractivity contribution in [1.29, 1.82) is 0 Å². The number of nitro benzene ring substituents is 1. The summed E-state index contributed by atoms with van der Waals surface area (Å²) in [5, 5.41) is 11.2. The Morgan fingerprint density at radius 1 is 1.53 bits per heavy atom. The number of nitrogens with zero attached hydrogens (tertiary/aromatic N) is 1. The van der Waals surface area contributed by atoms with Gasteiger partial charge in [0.25, 0.3) is 0 Å². The van der Waals surface area contributed by atoms with Gasteiger partial charge in [0.2, 0.25) is 0 Å². The maximum Gasteiger partial charge on any atom is 0.312 e. The van der Waals surface area contributed by atoms with Crippen LogP contribution in [0.15, 0.2) is 18.2 Å². The van der Waals surface area contributed by atoms with Crippen LogP contribution in [0.2, 0.25) is 5.02 Å². The molecule has 0 atom stereocenters. The van der Waals surface area contributed by atoms with E-state index in [2.05, 4.69) is 12.6 Å². The zero-order valence-electron chi connectivity index (χ0n) is 9.06. The van der Waals surface area contributed by atoms with Crippen molar-refractivity contribution in [2.24, 2.45) is 5.41 Å². The van der Waals surface area contributed by atoms with Crippen molar-refractivity contribution >= 4 is 29.9 Å². The number of nitro groups is 1. The summed E-state index contributed by atoms with van der Waals surface area (Å²) in [6, 6.07) is 4.43. The third kappa shape index (κ3) is 2.84. The smallest absolute Gasteiger partial charge is 0.312 e. The first-order valence-corrected chi connectivity index (χ1v) is 6.25. The number of ether oxygens (including phenoxy) is 1. The molecule has 1 saturated carbocycles. The molecule has 0 unspecified atom stereocenters. The molecule has 0 N–H and O–H groups in total. The Hall–Kier alpha value is -0.940. The highest BCUT2D eigenvalue weighted by molar-refractivity contribution is 7.80. The van der Waals surface area contributed by atoms with Gasteiger partial charge in [0, 0.05) is 16.5 Å². The van der Waals surface area contributed by atoms with Gasteiger partial charge in [0.15, 0.2) is 5.75 Å². The number of rotatable bonds is 5. The first-order chi connectivity index (χ1) is 8.06. The minimum Gasteiger partial charge on any atom is -0.486 e. The topological polar surface area (TPSA) is 52.4 Å². The fourth-order valence-electron chi connectivity index (χ4n) is 1.51. The first kappa shape index (κ1) is 12.5. The van der Waals surface area contributed by atoms with Gasteiger partial charge in [-0.2, -0.15) is 12.6 Å². The van der Waals surface area contributed by atoms with Crippen LogP contribution in [-0.4, -0.2) is 17.3 Å². The number of thiol groups is 1. The monoisotopic (exact) mass is 273 g/mol. The lowest BCUT2D eigenvalue weighted by Gasteiger charge is -2.13. The van der Waals surface area contributed by atoms with Gasteiger partial charge in [-0.3, -0.25) is 10.1 Å². The summed E-state index contributed by atoms with van der Waals surface area (Å²) in [6.07, 6.45) is 2.13. The molecule has 0 heterocycles. The minimum absolute atomic E-state index is 0.0903. The summed E-state index contributed by atoms with van der Waals surface area (Å²) in [7, 11) is 0. The molecule has 17 heavy (non-hydrogen) atoms. The van der Waals surface area contributed by atoms with E-state index in [0.29, 0.717) is 11.6 Å². The van der Waals surface area contributed by atoms with Gasteiger partial charge in [-0.1, -0.05) is 11.6 Å². The molecule has 92 valence electrons. The Bertz CT molecular complexity index is 448. The average molecular weight is 274 g/mol. The predicted molar refractivity (Wildman–Crippen MR) is 69.1 cm³/mol. The average Bonchev–Trinajstić information content (AvgIpc) is 3.08. The third-order valence-corrected chi connectivity index (χ3v) is 3.85.